The van der Waals surface area contributed by atoms with Crippen molar-refractivity contribution in [1.82, 2.24) is 0 Å². The van der Waals surface area contributed by atoms with E-state index in [2.05, 4.69) is 69.3 Å². The molecule has 0 spiro atoms. The highest BCUT2D eigenvalue weighted by Crippen LogP contribution is 2.36. The molecule has 0 aliphatic carbocycles. The van der Waals surface area contributed by atoms with Gasteiger partial charge in [0.15, 0.2) is 0 Å². The lowest BCUT2D eigenvalue weighted by molar-refractivity contribution is 0.280. The molecular weight excluding hydrogens is 292 g/mol. The molecule has 0 fully saturated rings. The summed E-state index contributed by atoms with van der Waals surface area (Å²) in [6, 6.07) is 23.3. The lowest BCUT2D eigenvalue weighted by Gasteiger charge is -2.19. The molecular formula is C23H24O. The van der Waals surface area contributed by atoms with Crippen LogP contribution in [0, 0.1) is 6.92 Å². The Labute approximate surface area is 144 Å². The number of benzene rings is 3. The highest BCUT2D eigenvalue weighted by molar-refractivity contribution is 5.78. The standard InChI is InChI=1S/C23H24O/c1-16(2)21-13-19(20-12-8-7-9-17(20)3)14-22(23(21)15-24)18-10-5-4-6-11-18/h4-14,16,24H,15H2,1-3H3. The van der Waals surface area contributed by atoms with Crippen LogP contribution in [0.15, 0.2) is 66.7 Å². The SMILES string of the molecule is Cc1ccccc1-c1cc(-c2ccccc2)c(CO)c(C(C)C)c1. The normalized spacial score (nSPS) is 11.0. The summed E-state index contributed by atoms with van der Waals surface area (Å²) in [6.45, 7) is 6.58. The van der Waals surface area contributed by atoms with Crippen LogP contribution in [0.25, 0.3) is 22.3 Å². The molecule has 0 unspecified atom stereocenters. The van der Waals surface area contributed by atoms with E-state index in [1.807, 2.05) is 18.2 Å². The number of aliphatic hydroxyl groups is 1. The van der Waals surface area contributed by atoms with Crippen LogP contribution >= 0.6 is 0 Å². The van der Waals surface area contributed by atoms with Gasteiger partial charge in [0.1, 0.15) is 0 Å². The average Bonchev–Trinajstić information content (AvgIpc) is 2.61. The quantitative estimate of drug-likeness (QED) is 0.631. The minimum atomic E-state index is 0.0613. The molecule has 0 aromatic heterocycles. The van der Waals surface area contributed by atoms with Crippen molar-refractivity contribution in [3.63, 3.8) is 0 Å². The van der Waals surface area contributed by atoms with Gasteiger partial charge in [-0.25, -0.2) is 0 Å². The van der Waals surface area contributed by atoms with Crippen LogP contribution in [0.1, 0.15) is 36.5 Å². The Morgan fingerprint density at radius 3 is 2.08 bits per heavy atom. The largest absolute Gasteiger partial charge is 0.392 e. The van der Waals surface area contributed by atoms with Crippen molar-refractivity contribution in [2.45, 2.75) is 33.3 Å². The maximum absolute atomic E-state index is 10.0. The van der Waals surface area contributed by atoms with Crippen molar-refractivity contribution in [3.8, 4) is 22.3 Å². The molecule has 1 nitrogen and oxygen atoms in total. The summed E-state index contributed by atoms with van der Waals surface area (Å²) in [6.07, 6.45) is 0. The van der Waals surface area contributed by atoms with E-state index < -0.39 is 0 Å². The van der Waals surface area contributed by atoms with Gasteiger partial charge in [0, 0.05) is 0 Å². The van der Waals surface area contributed by atoms with Crippen molar-refractivity contribution in [2.75, 3.05) is 0 Å². The second kappa shape index (κ2) is 7.02. The van der Waals surface area contributed by atoms with Crippen LogP contribution in [0.2, 0.25) is 0 Å². The van der Waals surface area contributed by atoms with Crippen molar-refractivity contribution in [3.05, 3.63) is 83.4 Å². The molecule has 3 aromatic carbocycles. The zero-order chi connectivity index (χ0) is 17.1. The number of rotatable bonds is 4. The van der Waals surface area contributed by atoms with Crippen LogP contribution < -0.4 is 0 Å². The van der Waals surface area contributed by atoms with E-state index in [-0.39, 0.29) is 6.61 Å². The molecule has 3 rings (SSSR count). The number of aliphatic hydroxyl groups excluding tert-OH is 1. The predicted octanol–water partition coefficient (Wildman–Crippen LogP) is 5.94. The molecule has 0 atom stereocenters. The van der Waals surface area contributed by atoms with Crippen molar-refractivity contribution < 1.29 is 5.11 Å². The molecule has 122 valence electrons. The number of hydrogen-bond donors (Lipinski definition) is 1. The number of hydrogen-bond acceptors (Lipinski definition) is 1. The third kappa shape index (κ3) is 3.13. The molecule has 1 heteroatoms. The van der Waals surface area contributed by atoms with Gasteiger partial charge in [-0.3, -0.25) is 0 Å². The first kappa shape index (κ1) is 16.5. The van der Waals surface area contributed by atoms with Crippen LogP contribution in [-0.2, 0) is 6.61 Å². The van der Waals surface area contributed by atoms with Crippen molar-refractivity contribution >= 4 is 0 Å². The molecule has 0 aliphatic heterocycles. The minimum absolute atomic E-state index is 0.0613. The summed E-state index contributed by atoms with van der Waals surface area (Å²) in [7, 11) is 0. The first-order valence-corrected chi connectivity index (χ1v) is 8.51. The monoisotopic (exact) mass is 316 g/mol. The van der Waals surface area contributed by atoms with E-state index in [0.717, 1.165) is 16.7 Å². The second-order valence-electron chi connectivity index (χ2n) is 6.59. The van der Waals surface area contributed by atoms with Crippen LogP contribution in [0.5, 0.6) is 0 Å². The van der Waals surface area contributed by atoms with E-state index in [4.69, 9.17) is 0 Å². The topological polar surface area (TPSA) is 20.2 Å². The van der Waals surface area contributed by atoms with Gasteiger partial charge < -0.3 is 5.11 Å². The van der Waals surface area contributed by atoms with E-state index in [1.165, 1.54) is 22.3 Å². The fraction of sp³-hybridized carbons (Fsp3) is 0.217. The Balaban J connectivity index is 2.30. The van der Waals surface area contributed by atoms with Gasteiger partial charge in [0.2, 0.25) is 0 Å². The van der Waals surface area contributed by atoms with Gasteiger partial charge in [0.25, 0.3) is 0 Å². The zero-order valence-electron chi connectivity index (χ0n) is 14.6. The smallest absolute Gasteiger partial charge is 0.0690 e. The van der Waals surface area contributed by atoms with Gasteiger partial charge in [-0.1, -0.05) is 74.5 Å². The fourth-order valence-corrected chi connectivity index (χ4v) is 3.31. The first-order chi connectivity index (χ1) is 11.6. The van der Waals surface area contributed by atoms with Gasteiger partial charge in [-0.15, -0.1) is 0 Å². The minimum Gasteiger partial charge on any atom is -0.392 e. The molecule has 0 heterocycles. The summed E-state index contributed by atoms with van der Waals surface area (Å²) in [5.74, 6) is 0.360. The third-order valence-corrected chi connectivity index (χ3v) is 4.61. The van der Waals surface area contributed by atoms with Gasteiger partial charge in [-0.2, -0.15) is 0 Å². The van der Waals surface area contributed by atoms with Crippen LogP contribution in [-0.4, -0.2) is 5.11 Å². The summed E-state index contributed by atoms with van der Waals surface area (Å²) in [4.78, 5) is 0. The lowest BCUT2D eigenvalue weighted by Crippen LogP contribution is -2.01. The Bertz CT molecular complexity index is 832. The summed E-state index contributed by atoms with van der Waals surface area (Å²) in [5.41, 5.74) is 8.27. The molecule has 0 saturated heterocycles. The van der Waals surface area contributed by atoms with Crippen LogP contribution in [0.4, 0.5) is 0 Å². The van der Waals surface area contributed by atoms with E-state index >= 15 is 0 Å². The number of aryl methyl sites for hydroxylation is 1. The maximum atomic E-state index is 10.0. The summed E-state index contributed by atoms with van der Waals surface area (Å²) < 4.78 is 0. The zero-order valence-corrected chi connectivity index (χ0v) is 14.6. The predicted molar refractivity (Wildman–Crippen MR) is 102 cm³/mol. The Kier molecular flexibility index (Phi) is 4.82. The van der Waals surface area contributed by atoms with Crippen LogP contribution in [0.3, 0.4) is 0 Å². The lowest BCUT2D eigenvalue weighted by atomic mass is 9.86. The summed E-state index contributed by atoms with van der Waals surface area (Å²) >= 11 is 0. The Morgan fingerprint density at radius 1 is 0.792 bits per heavy atom. The van der Waals surface area contributed by atoms with E-state index in [0.29, 0.717) is 5.92 Å². The highest BCUT2D eigenvalue weighted by Gasteiger charge is 2.15. The summed E-state index contributed by atoms with van der Waals surface area (Å²) in [5, 5.41) is 10.0. The Morgan fingerprint density at radius 2 is 1.46 bits per heavy atom. The molecule has 0 bridgehead atoms. The second-order valence-corrected chi connectivity index (χ2v) is 6.59. The Hall–Kier alpha value is -2.38. The van der Waals surface area contributed by atoms with Gasteiger partial charge >= 0.3 is 0 Å². The third-order valence-electron chi connectivity index (χ3n) is 4.61. The molecule has 1 N–H and O–H groups in total. The molecule has 0 saturated carbocycles. The molecule has 3 aromatic rings. The average molecular weight is 316 g/mol. The maximum Gasteiger partial charge on any atom is 0.0690 e. The van der Waals surface area contributed by atoms with Crippen molar-refractivity contribution in [2.24, 2.45) is 0 Å². The molecule has 24 heavy (non-hydrogen) atoms. The van der Waals surface area contributed by atoms with E-state index in [9.17, 15) is 5.11 Å². The first-order valence-electron chi connectivity index (χ1n) is 8.51. The molecule has 0 radical (unpaired) electrons. The molecule has 0 amide bonds. The fourth-order valence-electron chi connectivity index (χ4n) is 3.31. The highest BCUT2D eigenvalue weighted by atomic mass is 16.3. The van der Waals surface area contributed by atoms with E-state index in [1.54, 1.807) is 0 Å². The van der Waals surface area contributed by atoms with Crippen molar-refractivity contribution in [1.29, 1.82) is 0 Å². The van der Waals surface area contributed by atoms with Gasteiger partial charge in [0.05, 0.1) is 6.61 Å². The molecule has 0 aliphatic rings. The van der Waals surface area contributed by atoms with Gasteiger partial charge in [-0.05, 0) is 57.9 Å².